The number of hydrogen-bond donors (Lipinski definition) is 0. The standard InChI is InChI=1S/C10H8N2O2/c13-10(14)8-5-9(7-11-6-8)12-3-1-2-4-12/h1-7H,(H,13,14)/p-1. The van der Waals surface area contributed by atoms with Crippen molar-refractivity contribution >= 4 is 5.97 Å². The fourth-order valence-corrected chi connectivity index (χ4v) is 1.19. The second-order valence-electron chi connectivity index (χ2n) is 2.81. The van der Waals surface area contributed by atoms with Gasteiger partial charge >= 0.3 is 0 Å². The molecule has 0 aliphatic heterocycles. The van der Waals surface area contributed by atoms with Gasteiger partial charge in [0.2, 0.25) is 0 Å². The number of nitrogens with zero attached hydrogens (tertiary/aromatic N) is 2. The van der Waals surface area contributed by atoms with Crippen molar-refractivity contribution in [2.45, 2.75) is 0 Å². The average Bonchev–Trinajstić information content (AvgIpc) is 2.71. The molecular formula is C10H7N2O2-. The Balaban J connectivity index is 2.46. The van der Waals surface area contributed by atoms with E-state index in [0.717, 1.165) is 0 Å². The first-order valence-corrected chi connectivity index (χ1v) is 4.07. The Morgan fingerprint density at radius 1 is 1.29 bits per heavy atom. The van der Waals surface area contributed by atoms with Crippen molar-refractivity contribution < 1.29 is 9.90 Å². The Hall–Kier alpha value is -2.10. The van der Waals surface area contributed by atoms with Gasteiger partial charge in [0.15, 0.2) is 0 Å². The molecule has 2 heterocycles. The van der Waals surface area contributed by atoms with E-state index in [1.54, 1.807) is 10.8 Å². The van der Waals surface area contributed by atoms with Crippen LogP contribution < -0.4 is 5.11 Å². The van der Waals surface area contributed by atoms with Gasteiger partial charge in [0.05, 0.1) is 17.9 Å². The lowest BCUT2D eigenvalue weighted by Crippen LogP contribution is -2.22. The molecule has 0 aromatic carbocycles. The minimum absolute atomic E-state index is 0.0798. The third-order valence-electron chi connectivity index (χ3n) is 1.86. The summed E-state index contributed by atoms with van der Waals surface area (Å²) >= 11 is 0. The molecule has 0 saturated carbocycles. The SMILES string of the molecule is O=C([O-])c1cncc(-n2cccc2)c1. The molecule has 14 heavy (non-hydrogen) atoms. The molecule has 2 aromatic heterocycles. The monoisotopic (exact) mass is 187 g/mol. The zero-order chi connectivity index (χ0) is 9.97. The third-order valence-corrected chi connectivity index (χ3v) is 1.86. The van der Waals surface area contributed by atoms with Crippen molar-refractivity contribution in [2.75, 3.05) is 0 Å². The number of pyridine rings is 1. The van der Waals surface area contributed by atoms with Crippen molar-refractivity contribution in [1.82, 2.24) is 9.55 Å². The summed E-state index contributed by atoms with van der Waals surface area (Å²) in [4.78, 5) is 14.4. The van der Waals surface area contributed by atoms with Crippen LogP contribution in [0.3, 0.4) is 0 Å². The van der Waals surface area contributed by atoms with E-state index in [9.17, 15) is 9.90 Å². The molecule has 0 aliphatic carbocycles. The van der Waals surface area contributed by atoms with E-state index >= 15 is 0 Å². The predicted molar refractivity (Wildman–Crippen MR) is 47.9 cm³/mol. The summed E-state index contributed by atoms with van der Waals surface area (Å²) in [6, 6.07) is 5.22. The topological polar surface area (TPSA) is 57.9 Å². The Kier molecular flexibility index (Phi) is 2.02. The lowest BCUT2D eigenvalue weighted by Gasteiger charge is -2.05. The summed E-state index contributed by atoms with van der Waals surface area (Å²) in [5.41, 5.74) is 0.785. The molecule has 4 nitrogen and oxygen atoms in total. The van der Waals surface area contributed by atoms with Crippen molar-refractivity contribution in [2.24, 2.45) is 0 Å². The highest BCUT2D eigenvalue weighted by atomic mass is 16.4. The summed E-state index contributed by atoms with van der Waals surface area (Å²) in [5.74, 6) is -1.22. The van der Waals surface area contributed by atoms with Crippen LogP contribution in [0.1, 0.15) is 10.4 Å². The Morgan fingerprint density at radius 2 is 2.00 bits per heavy atom. The molecule has 0 amide bonds. The van der Waals surface area contributed by atoms with Gasteiger partial charge in [-0.1, -0.05) is 0 Å². The van der Waals surface area contributed by atoms with Crippen LogP contribution in [-0.2, 0) is 0 Å². The van der Waals surface area contributed by atoms with Crippen LogP contribution in [-0.4, -0.2) is 15.5 Å². The van der Waals surface area contributed by atoms with Gasteiger partial charge in [0.1, 0.15) is 0 Å². The van der Waals surface area contributed by atoms with Gasteiger partial charge in [0, 0.05) is 24.2 Å². The molecule has 0 unspecified atom stereocenters. The maximum absolute atomic E-state index is 10.6. The number of hydrogen-bond acceptors (Lipinski definition) is 3. The fourth-order valence-electron chi connectivity index (χ4n) is 1.19. The molecule has 0 spiro atoms. The number of aromatic nitrogens is 2. The van der Waals surface area contributed by atoms with Crippen LogP contribution in [0, 0.1) is 0 Å². The van der Waals surface area contributed by atoms with Gasteiger partial charge in [0.25, 0.3) is 0 Å². The first kappa shape index (κ1) is 8.50. The van der Waals surface area contributed by atoms with Crippen molar-refractivity contribution in [3.05, 3.63) is 48.5 Å². The van der Waals surface area contributed by atoms with E-state index in [4.69, 9.17) is 0 Å². The number of rotatable bonds is 2. The highest BCUT2D eigenvalue weighted by molar-refractivity contribution is 5.85. The van der Waals surface area contributed by atoms with E-state index in [0.29, 0.717) is 5.69 Å². The zero-order valence-electron chi connectivity index (χ0n) is 7.25. The Bertz CT molecular complexity index is 449. The molecule has 0 bridgehead atoms. The molecule has 0 saturated heterocycles. The van der Waals surface area contributed by atoms with Crippen molar-refractivity contribution in [3.63, 3.8) is 0 Å². The minimum Gasteiger partial charge on any atom is -0.545 e. The van der Waals surface area contributed by atoms with Gasteiger partial charge in [-0.25, -0.2) is 0 Å². The summed E-state index contributed by atoms with van der Waals surface area (Å²) in [6.45, 7) is 0. The lowest BCUT2D eigenvalue weighted by atomic mass is 10.2. The van der Waals surface area contributed by atoms with Crippen molar-refractivity contribution in [1.29, 1.82) is 0 Å². The second-order valence-corrected chi connectivity index (χ2v) is 2.81. The maximum Gasteiger partial charge on any atom is 0.0731 e. The van der Waals surface area contributed by atoms with Crippen LogP contribution in [0.5, 0.6) is 0 Å². The molecular weight excluding hydrogens is 180 g/mol. The molecule has 2 rings (SSSR count). The van der Waals surface area contributed by atoms with Crippen molar-refractivity contribution in [3.8, 4) is 5.69 Å². The Morgan fingerprint density at radius 3 is 2.64 bits per heavy atom. The molecule has 2 aromatic rings. The Labute approximate surface area is 80.4 Å². The zero-order valence-corrected chi connectivity index (χ0v) is 7.25. The first-order valence-electron chi connectivity index (χ1n) is 4.07. The lowest BCUT2D eigenvalue weighted by molar-refractivity contribution is -0.255. The van der Waals surface area contributed by atoms with E-state index in [2.05, 4.69) is 4.98 Å². The van der Waals surface area contributed by atoms with E-state index in [-0.39, 0.29) is 5.56 Å². The van der Waals surface area contributed by atoms with Gasteiger partial charge in [-0.15, -0.1) is 0 Å². The molecule has 70 valence electrons. The highest BCUT2D eigenvalue weighted by Gasteiger charge is 1.98. The van der Waals surface area contributed by atoms with E-state index in [1.165, 1.54) is 12.3 Å². The van der Waals surface area contributed by atoms with Crippen LogP contribution in [0.25, 0.3) is 5.69 Å². The van der Waals surface area contributed by atoms with Gasteiger partial charge in [-0.3, -0.25) is 4.98 Å². The largest absolute Gasteiger partial charge is 0.545 e. The number of carbonyl (C=O) groups excluding carboxylic acids is 1. The van der Waals surface area contributed by atoms with Crippen LogP contribution in [0.15, 0.2) is 43.0 Å². The van der Waals surface area contributed by atoms with Gasteiger partial charge in [-0.2, -0.15) is 0 Å². The molecule has 0 radical (unpaired) electrons. The minimum atomic E-state index is -1.22. The van der Waals surface area contributed by atoms with Crippen LogP contribution in [0.4, 0.5) is 0 Å². The predicted octanol–water partition coefficient (Wildman–Crippen LogP) is 0.236. The summed E-state index contributed by atoms with van der Waals surface area (Å²) in [6.07, 6.45) is 6.49. The maximum atomic E-state index is 10.6. The number of carboxylic acid groups (broad SMARTS) is 1. The summed E-state index contributed by atoms with van der Waals surface area (Å²) < 4.78 is 1.78. The fraction of sp³-hybridized carbons (Fsp3) is 0. The smallest absolute Gasteiger partial charge is 0.0731 e. The summed E-state index contributed by atoms with van der Waals surface area (Å²) in [5, 5.41) is 10.6. The normalized spacial score (nSPS) is 10.0. The summed E-state index contributed by atoms with van der Waals surface area (Å²) in [7, 11) is 0. The van der Waals surface area contributed by atoms with Gasteiger partial charge in [-0.05, 0) is 18.2 Å². The molecule has 0 atom stereocenters. The number of carbonyl (C=O) groups is 1. The number of carboxylic acids is 1. The quantitative estimate of drug-likeness (QED) is 0.676. The van der Waals surface area contributed by atoms with E-state index < -0.39 is 5.97 Å². The van der Waals surface area contributed by atoms with Gasteiger partial charge < -0.3 is 14.5 Å². The average molecular weight is 187 g/mol. The third kappa shape index (κ3) is 1.50. The molecule has 0 aliphatic rings. The van der Waals surface area contributed by atoms with Crippen LogP contribution >= 0.6 is 0 Å². The number of aromatic carboxylic acids is 1. The first-order chi connectivity index (χ1) is 6.77. The van der Waals surface area contributed by atoms with Crippen LogP contribution in [0.2, 0.25) is 0 Å². The molecule has 4 heteroatoms. The second kappa shape index (κ2) is 3.33. The molecule has 0 fully saturated rings. The molecule has 0 N–H and O–H groups in total. The highest BCUT2D eigenvalue weighted by Crippen LogP contribution is 2.08. The van der Waals surface area contributed by atoms with E-state index in [1.807, 2.05) is 24.5 Å².